The third-order valence-corrected chi connectivity index (χ3v) is 6.50. The first kappa shape index (κ1) is 24.5. The first-order chi connectivity index (χ1) is 14.4. The van der Waals surface area contributed by atoms with E-state index in [4.69, 9.17) is 21.6 Å². The Morgan fingerprint density at radius 2 is 1.87 bits per heavy atom. The first-order valence-corrected chi connectivity index (χ1v) is 11.5. The molecule has 0 aromatic heterocycles. The van der Waals surface area contributed by atoms with Gasteiger partial charge in [0, 0.05) is 32.2 Å². The molecule has 1 saturated heterocycles. The van der Waals surface area contributed by atoms with E-state index in [1.807, 2.05) is 12.1 Å². The topological polar surface area (TPSA) is 56.6 Å². The number of hydrogen-bond donors (Lipinski definition) is 0. The van der Waals surface area contributed by atoms with Crippen LogP contribution in [0.25, 0.3) is 0 Å². The van der Waals surface area contributed by atoms with E-state index in [0.717, 1.165) is 54.5 Å². The van der Waals surface area contributed by atoms with E-state index in [1.165, 1.54) is 45.6 Å². The van der Waals surface area contributed by atoms with Gasteiger partial charge in [-0.15, -0.1) is 0 Å². The maximum absolute atomic E-state index is 9.82. The average molecular weight is 434 g/mol. The Labute approximate surface area is 186 Å². The molecule has 1 heterocycles. The molecule has 2 aliphatic rings. The summed E-state index contributed by atoms with van der Waals surface area (Å²) in [5.74, 6) is 2.73. The largest absolute Gasteiger partial charge is 0.497 e. The predicted molar refractivity (Wildman–Crippen MR) is 123 cm³/mol. The number of anilines is 1. The van der Waals surface area contributed by atoms with Crippen molar-refractivity contribution in [3.8, 4) is 11.8 Å². The minimum Gasteiger partial charge on any atom is -0.497 e. The van der Waals surface area contributed by atoms with E-state index in [9.17, 15) is 4.79 Å². The van der Waals surface area contributed by atoms with Crippen LogP contribution in [0.3, 0.4) is 0 Å². The number of piperazine rings is 1. The number of methoxy groups -OCH3 is 1. The molecule has 1 saturated carbocycles. The smallest absolute Gasteiger partial charge is 0.143 e. The highest BCUT2D eigenvalue weighted by Gasteiger charge is 2.22. The number of carbonyl (C=O) groups is 1. The SMILES string of the molecule is CC(=O)CC#N.COc1ccc(Cl)c(N2CCN(CCC3CCC(C)CC3)CC2)c1. The van der Waals surface area contributed by atoms with Crippen molar-refractivity contribution in [2.75, 3.05) is 44.7 Å². The van der Waals surface area contributed by atoms with Crippen LogP contribution >= 0.6 is 11.6 Å². The normalized spacial score (nSPS) is 21.9. The number of ether oxygens (including phenoxy) is 1. The van der Waals surface area contributed by atoms with Crippen molar-refractivity contribution in [2.24, 2.45) is 11.8 Å². The quantitative estimate of drug-likeness (QED) is 0.618. The van der Waals surface area contributed by atoms with Crippen LogP contribution in [0.4, 0.5) is 5.69 Å². The second-order valence-corrected chi connectivity index (χ2v) is 9.00. The highest BCUT2D eigenvalue weighted by Crippen LogP contribution is 2.32. The van der Waals surface area contributed by atoms with E-state index in [2.05, 4.69) is 22.8 Å². The van der Waals surface area contributed by atoms with Gasteiger partial charge in [0.25, 0.3) is 0 Å². The van der Waals surface area contributed by atoms with Crippen LogP contribution in [-0.4, -0.2) is 50.5 Å². The molecule has 1 aromatic carbocycles. The Bertz CT molecular complexity index is 703. The Balaban J connectivity index is 0.000000469. The van der Waals surface area contributed by atoms with Crippen molar-refractivity contribution in [1.82, 2.24) is 4.90 Å². The molecule has 1 aliphatic carbocycles. The predicted octanol–water partition coefficient (Wildman–Crippen LogP) is 5.18. The summed E-state index contributed by atoms with van der Waals surface area (Å²) in [7, 11) is 1.71. The molecular weight excluding hydrogens is 398 g/mol. The summed E-state index contributed by atoms with van der Waals surface area (Å²) in [6.45, 7) is 9.43. The zero-order valence-electron chi connectivity index (χ0n) is 18.7. The number of Topliss-reactive ketones (excluding diaryl/α,β-unsaturated/α-hetero) is 1. The molecule has 5 nitrogen and oxygen atoms in total. The van der Waals surface area contributed by atoms with Gasteiger partial charge in [-0.3, -0.25) is 9.69 Å². The van der Waals surface area contributed by atoms with Crippen molar-refractivity contribution in [2.45, 2.75) is 52.4 Å². The number of hydrogen-bond acceptors (Lipinski definition) is 5. The van der Waals surface area contributed by atoms with Gasteiger partial charge >= 0.3 is 0 Å². The molecule has 166 valence electrons. The third kappa shape index (κ3) is 8.16. The molecule has 3 rings (SSSR count). The highest BCUT2D eigenvalue weighted by atomic mass is 35.5. The summed E-state index contributed by atoms with van der Waals surface area (Å²) in [5.41, 5.74) is 1.11. The minimum absolute atomic E-state index is 0.0417. The Kier molecular flexibility index (Phi) is 10.5. The molecule has 0 radical (unpaired) electrons. The summed E-state index contributed by atoms with van der Waals surface area (Å²) in [6.07, 6.45) is 7.19. The fraction of sp³-hybridized carbons (Fsp3) is 0.667. The van der Waals surface area contributed by atoms with Crippen molar-refractivity contribution in [3.05, 3.63) is 23.2 Å². The standard InChI is InChI=1S/C20H31ClN2O.C4H5NO/c1-16-3-5-17(6-4-16)9-10-22-11-13-23(14-12-22)20-15-18(24-2)7-8-19(20)21;1-4(6)2-3-5/h7-8,15-17H,3-6,9-14H2,1-2H3;2H2,1H3. The molecule has 1 aromatic rings. The van der Waals surface area contributed by atoms with E-state index < -0.39 is 0 Å². The van der Waals surface area contributed by atoms with Crippen LogP contribution in [0, 0.1) is 23.2 Å². The lowest BCUT2D eigenvalue weighted by Gasteiger charge is -2.37. The first-order valence-electron chi connectivity index (χ1n) is 11.1. The van der Waals surface area contributed by atoms with Gasteiger partial charge in [-0.2, -0.15) is 5.26 Å². The van der Waals surface area contributed by atoms with Gasteiger partial charge in [0.1, 0.15) is 11.5 Å². The molecule has 30 heavy (non-hydrogen) atoms. The van der Waals surface area contributed by atoms with Gasteiger partial charge in [-0.1, -0.05) is 44.2 Å². The molecule has 0 unspecified atom stereocenters. The second kappa shape index (κ2) is 12.8. The fourth-order valence-corrected chi connectivity index (χ4v) is 4.41. The summed E-state index contributed by atoms with van der Waals surface area (Å²) >= 11 is 6.39. The van der Waals surface area contributed by atoms with Gasteiger partial charge in [-0.05, 0) is 43.9 Å². The van der Waals surface area contributed by atoms with Gasteiger partial charge < -0.3 is 9.64 Å². The number of carbonyl (C=O) groups excluding carboxylic acids is 1. The van der Waals surface area contributed by atoms with Gasteiger partial charge in [-0.25, -0.2) is 0 Å². The van der Waals surface area contributed by atoms with E-state index in [0.29, 0.717) is 0 Å². The number of ketones is 1. The van der Waals surface area contributed by atoms with Crippen molar-refractivity contribution in [3.63, 3.8) is 0 Å². The van der Waals surface area contributed by atoms with Crippen LogP contribution in [0.15, 0.2) is 18.2 Å². The van der Waals surface area contributed by atoms with Gasteiger partial charge in [0.2, 0.25) is 0 Å². The summed E-state index contributed by atoms with van der Waals surface area (Å²) in [5, 5.41) is 8.59. The van der Waals surface area contributed by atoms with Crippen LogP contribution in [0.1, 0.15) is 52.4 Å². The second-order valence-electron chi connectivity index (χ2n) is 8.60. The molecule has 2 fully saturated rings. The maximum Gasteiger partial charge on any atom is 0.143 e. The zero-order chi connectivity index (χ0) is 21.9. The van der Waals surface area contributed by atoms with E-state index in [-0.39, 0.29) is 12.2 Å². The Morgan fingerprint density at radius 3 is 2.40 bits per heavy atom. The van der Waals surface area contributed by atoms with Crippen LogP contribution in [0.2, 0.25) is 5.02 Å². The molecule has 0 spiro atoms. The monoisotopic (exact) mass is 433 g/mol. The van der Waals surface area contributed by atoms with Gasteiger partial charge in [0.15, 0.2) is 0 Å². The minimum atomic E-state index is -0.0718. The molecule has 0 N–H and O–H groups in total. The highest BCUT2D eigenvalue weighted by molar-refractivity contribution is 6.33. The maximum atomic E-state index is 9.82. The average Bonchev–Trinajstić information content (AvgIpc) is 2.74. The number of rotatable bonds is 6. The molecule has 1 aliphatic heterocycles. The summed E-state index contributed by atoms with van der Waals surface area (Å²) < 4.78 is 5.34. The summed E-state index contributed by atoms with van der Waals surface area (Å²) in [6, 6.07) is 7.63. The molecule has 6 heteroatoms. The zero-order valence-corrected chi connectivity index (χ0v) is 19.5. The molecule has 0 atom stereocenters. The molecule has 0 amide bonds. The van der Waals surface area contributed by atoms with Crippen molar-refractivity contribution < 1.29 is 9.53 Å². The Morgan fingerprint density at radius 1 is 1.20 bits per heavy atom. The lowest BCUT2D eigenvalue weighted by Crippen LogP contribution is -2.47. The summed E-state index contributed by atoms with van der Waals surface area (Å²) in [4.78, 5) is 14.8. The van der Waals surface area contributed by atoms with Crippen LogP contribution in [0.5, 0.6) is 5.75 Å². The van der Waals surface area contributed by atoms with Crippen LogP contribution < -0.4 is 9.64 Å². The molecule has 0 bridgehead atoms. The Hall–Kier alpha value is -1.77. The lowest BCUT2D eigenvalue weighted by molar-refractivity contribution is -0.116. The van der Waals surface area contributed by atoms with Crippen molar-refractivity contribution in [1.29, 1.82) is 5.26 Å². The fourth-order valence-electron chi connectivity index (χ4n) is 4.17. The molecular formula is C24H36ClN3O2. The number of benzene rings is 1. The van der Waals surface area contributed by atoms with E-state index in [1.54, 1.807) is 13.2 Å². The third-order valence-electron chi connectivity index (χ3n) is 6.18. The van der Waals surface area contributed by atoms with E-state index >= 15 is 0 Å². The number of nitrogens with zero attached hydrogens (tertiary/aromatic N) is 3. The number of nitriles is 1. The lowest BCUT2D eigenvalue weighted by atomic mass is 9.81. The van der Waals surface area contributed by atoms with Crippen LogP contribution in [-0.2, 0) is 4.79 Å². The van der Waals surface area contributed by atoms with Crippen molar-refractivity contribution >= 4 is 23.1 Å². The number of halogens is 1. The van der Waals surface area contributed by atoms with Gasteiger partial charge in [0.05, 0.1) is 30.3 Å².